The fourth-order valence-electron chi connectivity index (χ4n) is 1.45. The lowest BCUT2D eigenvalue weighted by Crippen LogP contribution is -2.14. The molecule has 0 amide bonds. The zero-order chi connectivity index (χ0) is 11.9. The average Bonchev–Trinajstić information content (AvgIpc) is 1.99. The van der Waals surface area contributed by atoms with Crippen molar-refractivity contribution in [2.75, 3.05) is 0 Å². The predicted molar refractivity (Wildman–Crippen MR) is 54.9 cm³/mol. The lowest BCUT2D eigenvalue weighted by atomic mass is 9.85. The Morgan fingerprint density at radius 2 is 1.53 bits per heavy atom. The first-order valence-corrected chi connectivity index (χ1v) is 4.80. The largest absolute Gasteiger partial charge is 0.416 e. The molecule has 0 N–H and O–H groups in total. The second-order valence-corrected chi connectivity index (χ2v) is 4.78. The SMILES string of the molecule is Cc1cc(C(C)(C)C)ccc1C(F)(F)F. The summed E-state index contributed by atoms with van der Waals surface area (Å²) in [5.74, 6) is 0. The molecule has 84 valence electrons. The van der Waals surface area contributed by atoms with Crippen LogP contribution in [0.25, 0.3) is 0 Å². The Morgan fingerprint density at radius 3 is 1.87 bits per heavy atom. The molecule has 0 spiro atoms. The molecule has 0 aromatic heterocycles. The van der Waals surface area contributed by atoms with Gasteiger partial charge in [0, 0.05) is 0 Å². The first-order valence-electron chi connectivity index (χ1n) is 4.80. The normalized spacial score (nSPS) is 13.0. The number of halogens is 3. The molecule has 0 radical (unpaired) electrons. The molecule has 0 saturated carbocycles. The van der Waals surface area contributed by atoms with Gasteiger partial charge in [-0.2, -0.15) is 13.2 Å². The van der Waals surface area contributed by atoms with Crippen LogP contribution in [0.2, 0.25) is 0 Å². The average molecular weight is 216 g/mol. The minimum absolute atomic E-state index is 0.116. The zero-order valence-corrected chi connectivity index (χ0v) is 9.37. The molecular weight excluding hydrogens is 201 g/mol. The van der Waals surface area contributed by atoms with Crippen LogP contribution in [-0.2, 0) is 11.6 Å². The Bertz CT molecular complexity index is 356. The highest BCUT2D eigenvalue weighted by Gasteiger charge is 2.32. The molecule has 0 fully saturated rings. The molecule has 0 heterocycles. The van der Waals surface area contributed by atoms with Gasteiger partial charge >= 0.3 is 6.18 Å². The summed E-state index contributed by atoms with van der Waals surface area (Å²) in [6.45, 7) is 7.44. The topological polar surface area (TPSA) is 0 Å². The van der Waals surface area contributed by atoms with E-state index in [4.69, 9.17) is 0 Å². The van der Waals surface area contributed by atoms with Crippen LogP contribution in [0.3, 0.4) is 0 Å². The fraction of sp³-hybridized carbons (Fsp3) is 0.500. The highest BCUT2D eigenvalue weighted by molar-refractivity contribution is 5.35. The van der Waals surface area contributed by atoms with Crippen molar-refractivity contribution in [3.05, 3.63) is 34.9 Å². The summed E-state index contributed by atoms with van der Waals surface area (Å²) in [4.78, 5) is 0. The standard InChI is InChI=1S/C12H15F3/c1-8-7-9(11(2,3)4)5-6-10(8)12(13,14)15/h5-7H,1-4H3. The van der Waals surface area contributed by atoms with Gasteiger partial charge in [-0.15, -0.1) is 0 Å². The van der Waals surface area contributed by atoms with Crippen molar-refractivity contribution in [2.24, 2.45) is 0 Å². The Hall–Kier alpha value is -0.990. The van der Waals surface area contributed by atoms with Crippen molar-refractivity contribution in [2.45, 2.75) is 39.3 Å². The molecule has 3 heteroatoms. The van der Waals surface area contributed by atoms with Gasteiger partial charge in [0.15, 0.2) is 0 Å². The molecule has 1 aromatic carbocycles. The van der Waals surface area contributed by atoms with Crippen molar-refractivity contribution in [1.29, 1.82) is 0 Å². The molecule has 1 rings (SSSR count). The van der Waals surface area contributed by atoms with Crippen molar-refractivity contribution < 1.29 is 13.2 Å². The van der Waals surface area contributed by atoms with E-state index < -0.39 is 11.7 Å². The van der Waals surface area contributed by atoms with E-state index in [-0.39, 0.29) is 11.0 Å². The molecule has 0 saturated heterocycles. The van der Waals surface area contributed by atoms with E-state index in [0.717, 1.165) is 11.6 Å². The summed E-state index contributed by atoms with van der Waals surface area (Å²) in [5, 5.41) is 0. The van der Waals surface area contributed by atoms with Crippen LogP contribution >= 0.6 is 0 Å². The van der Waals surface area contributed by atoms with Crippen LogP contribution in [0, 0.1) is 6.92 Å². The van der Waals surface area contributed by atoms with Crippen LogP contribution in [0.4, 0.5) is 13.2 Å². The minimum Gasteiger partial charge on any atom is -0.166 e. The summed E-state index contributed by atoms with van der Waals surface area (Å²) in [6, 6.07) is 4.33. The molecule has 15 heavy (non-hydrogen) atoms. The van der Waals surface area contributed by atoms with E-state index in [2.05, 4.69) is 0 Å². The number of alkyl halides is 3. The van der Waals surface area contributed by atoms with Gasteiger partial charge in [-0.1, -0.05) is 32.9 Å². The van der Waals surface area contributed by atoms with Crippen molar-refractivity contribution in [3.8, 4) is 0 Å². The maximum absolute atomic E-state index is 12.5. The van der Waals surface area contributed by atoms with Crippen molar-refractivity contribution >= 4 is 0 Å². The van der Waals surface area contributed by atoms with E-state index in [1.54, 1.807) is 12.1 Å². The van der Waals surface area contributed by atoms with Crippen molar-refractivity contribution in [1.82, 2.24) is 0 Å². The summed E-state index contributed by atoms with van der Waals surface area (Å²) in [6.07, 6.45) is -4.25. The van der Waals surface area contributed by atoms with Crippen LogP contribution < -0.4 is 0 Å². The summed E-state index contributed by atoms with van der Waals surface area (Å²) >= 11 is 0. The monoisotopic (exact) mass is 216 g/mol. The Labute approximate surface area is 88.1 Å². The van der Waals surface area contributed by atoms with Crippen LogP contribution in [0.5, 0.6) is 0 Å². The van der Waals surface area contributed by atoms with Gasteiger partial charge in [0.25, 0.3) is 0 Å². The maximum atomic E-state index is 12.5. The van der Waals surface area contributed by atoms with Gasteiger partial charge in [-0.25, -0.2) is 0 Å². The first kappa shape index (κ1) is 12.1. The Balaban J connectivity index is 3.21. The van der Waals surface area contributed by atoms with Crippen LogP contribution in [0.15, 0.2) is 18.2 Å². The second kappa shape index (κ2) is 3.54. The lowest BCUT2D eigenvalue weighted by molar-refractivity contribution is -0.138. The van der Waals surface area contributed by atoms with Gasteiger partial charge in [0.2, 0.25) is 0 Å². The highest BCUT2D eigenvalue weighted by atomic mass is 19.4. The van der Waals surface area contributed by atoms with E-state index in [0.29, 0.717) is 0 Å². The van der Waals surface area contributed by atoms with Gasteiger partial charge in [0.05, 0.1) is 5.56 Å². The minimum atomic E-state index is -4.25. The molecule has 0 nitrogen and oxygen atoms in total. The molecular formula is C12H15F3. The predicted octanol–water partition coefficient (Wildman–Crippen LogP) is 4.31. The molecule has 0 aliphatic carbocycles. The quantitative estimate of drug-likeness (QED) is 0.606. The van der Waals surface area contributed by atoms with E-state index in [9.17, 15) is 13.2 Å². The number of rotatable bonds is 0. The lowest BCUT2D eigenvalue weighted by Gasteiger charge is -2.21. The first-order chi connectivity index (χ1) is 6.62. The molecule has 1 aromatic rings. The van der Waals surface area contributed by atoms with Crippen LogP contribution in [-0.4, -0.2) is 0 Å². The molecule has 0 atom stereocenters. The highest BCUT2D eigenvalue weighted by Crippen LogP contribution is 2.34. The summed E-state index contributed by atoms with van der Waals surface area (Å²) in [7, 11) is 0. The zero-order valence-electron chi connectivity index (χ0n) is 9.37. The number of hydrogen-bond acceptors (Lipinski definition) is 0. The number of benzene rings is 1. The number of aryl methyl sites for hydroxylation is 1. The molecule has 0 unspecified atom stereocenters. The van der Waals surface area contributed by atoms with E-state index in [1.165, 1.54) is 6.92 Å². The molecule has 0 aliphatic rings. The Morgan fingerprint density at radius 1 is 1.00 bits per heavy atom. The van der Waals surface area contributed by atoms with Crippen molar-refractivity contribution in [3.63, 3.8) is 0 Å². The molecule has 0 aliphatic heterocycles. The van der Waals surface area contributed by atoms with Gasteiger partial charge in [-0.05, 0) is 29.5 Å². The van der Waals surface area contributed by atoms with E-state index in [1.807, 2.05) is 20.8 Å². The van der Waals surface area contributed by atoms with Gasteiger partial charge in [-0.3, -0.25) is 0 Å². The van der Waals surface area contributed by atoms with Crippen LogP contribution in [0.1, 0.15) is 37.5 Å². The third-order valence-electron chi connectivity index (χ3n) is 2.40. The third kappa shape index (κ3) is 2.74. The number of hydrogen-bond donors (Lipinski definition) is 0. The van der Waals surface area contributed by atoms with E-state index >= 15 is 0 Å². The molecule has 0 bridgehead atoms. The summed E-state index contributed by atoms with van der Waals surface area (Å²) in [5.41, 5.74) is 0.549. The van der Waals surface area contributed by atoms with Gasteiger partial charge in [0.1, 0.15) is 0 Å². The summed E-state index contributed by atoms with van der Waals surface area (Å²) < 4.78 is 37.4. The van der Waals surface area contributed by atoms with Gasteiger partial charge < -0.3 is 0 Å². The maximum Gasteiger partial charge on any atom is 0.416 e. The fourth-order valence-corrected chi connectivity index (χ4v) is 1.45. The smallest absolute Gasteiger partial charge is 0.166 e. The third-order valence-corrected chi connectivity index (χ3v) is 2.40. The second-order valence-electron chi connectivity index (χ2n) is 4.78. The Kier molecular flexibility index (Phi) is 2.85.